The van der Waals surface area contributed by atoms with Crippen LogP contribution in [0.1, 0.15) is 66.8 Å². The number of para-hydroxylation sites is 1. The number of halogens is 6. The van der Waals surface area contributed by atoms with Gasteiger partial charge in [-0.05, 0) is 61.1 Å². The Morgan fingerprint density at radius 2 is 1.59 bits per heavy atom. The maximum absolute atomic E-state index is 13.7. The van der Waals surface area contributed by atoms with Gasteiger partial charge in [0, 0.05) is 44.2 Å². The first-order valence-corrected chi connectivity index (χ1v) is 16.3. The van der Waals surface area contributed by atoms with Gasteiger partial charge in [0.1, 0.15) is 0 Å². The molecule has 14 heteroatoms. The second-order valence-corrected chi connectivity index (χ2v) is 12.0. The largest absolute Gasteiger partial charge is 0.466 e. The first-order valence-electron chi connectivity index (χ1n) is 16.3. The highest BCUT2D eigenvalue weighted by Gasteiger charge is 2.37. The van der Waals surface area contributed by atoms with Gasteiger partial charge in [-0.15, -0.1) is 0 Å². The van der Waals surface area contributed by atoms with Gasteiger partial charge in [-0.2, -0.15) is 26.3 Å². The summed E-state index contributed by atoms with van der Waals surface area (Å²) in [5.74, 6) is -0.0254. The topological polar surface area (TPSA) is 83.6 Å². The average Bonchev–Trinajstić information content (AvgIpc) is 3.49. The quantitative estimate of drug-likeness (QED) is 0.0813. The highest BCUT2D eigenvalue weighted by molar-refractivity contribution is 5.86. The molecule has 0 aliphatic carbocycles. The molecule has 2 aromatic carbocycles. The molecular weight excluding hydrogens is 652 g/mol. The molecule has 49 heavy (non-hydrogen) atoms. The van der Waals surface area contributed by atoms with Crippen LogP contribution in [-0.4, -0.2) is 53.8 Å². The molecule has 0 spiro atoms. The Bertz CT molecular complexity index is 1650. The molecule has 1 N–H and O–H groups in total. The van der Waals surface area contributed by atoms with Gasteiger partial charge in [0.25, 0.3) is 0 Å². The van der Waals surface area contributed by atoms with Crippen molar-refractivity contribution in [1.29, 1.82) is 0 Å². The number of H-pyrrole nitrogens is 1. The molecule has 1 fully saturated rings. The van der Waals surface area contributed by atoms with Crippen LogP contribution in [0.15, 0.2) is 55.0 Å². The molecule has 0 bridgehead atoms. The summed E-state index contributed by atoms with van der Waals surface area (Å²) >= 11 is 0. The molecule has 0 atom stereocenters. The van der Waals surface area contributed by atoms with Crippen LogP contribution in [0.5, 0.6) is 0 Å². The minimum Gasteiger partial charge on any atom is -0.466 e. The number of alkyl halides is 6. The molecule has 3 heterocycles. The van der Waals surface area contributed by atoms with Gasteiger partial charge in [0.15, 0.2) is 0 Å². The number of unbranched alkanes of at least 4 members (excludes halogenated alkanes) is 3. The molecule has 264 valence electrons. The number of aryl methyl sites for hydroxylation is 1. The van der Waals surface area contributed by atoms with E-state index in [1.54, 1.807) is 24.2 Å². The van der Waals surface area contributed by atoms with Gasteiger partial charge in [0.2, 0.25) is 5.95 Å². The number of hydrogen-bond acceptors (Lipinski definition) is 7. The maximum atomic E-state index is 13.7. The molecule has 8 nitrogen and oxygen atoms in total. The fourth-order valence-electron chi connectivity index (χ4n) is 5.98. The third kappa shape index (κ3) is 9.64. The number of carbonyl (C=O) groups is 1. The van der Waals surface area contributed by atoms with Crippen LogP contribution in [0.3, 0.4) is 0 Å². The number of nitrogens with one attached hydrogen (secondary N) is 1. The number of rotatable bonds is 14. The van der Waals surface area contributed by atoms with E-state index in [2.05, 4.69) is 15.0 Å². The number of fused-ring (bicyclic) bond motifs is 1. The van der Waals surface area contributed by atoms with Crippen LogP contribution in [0, 0.1) is 0 Å². The number of aromatic amines is 1. The van der Waals surface area contributed by atoms with E-state index in [1.165, 1.54) is 0 Å². The van der Waals surface area contributed by atoms with Crippen molar-refractivity contribution in [1.82, 2.24) is 15.0 Å². The molecule has 2 aromatic heterocycles. The van der Waals surface area contributed by atoms with Crippen molar-refractivity contribution in [2.45, 2.75) is 70.9 Å². The number of morpholine rings is 1. The molecule has 0 radical (unpaired) electrons. The lowest BCUT2D eigenvalue weighted by atomic mass is 10.0. The van der Waals surface area contributed by atoms with E-state index in [1.807, 2.05) is 29.3 Å². The summed E-state index contributed by atoms with van der Waals surface area (Å²) in [6, 6.07) is 7.32. The lowest BCUT2D eigenvalue weighted by Crippen LogP contribution is -2.36. The van der Waals surface area contributed by atoms with E-state index in [4.69, 9.17) is 9.47 Å². The minimum absolute atomic E-state index is 0.111. The van der Waals surface area contributed by atoms with Gasteiger partial charge in [0.05, 0.1) is 54.5 Å². The molecule has 1 aliphatic heterocycles. The predicted molar refractivity (Wildman–Crippen MR) is 173 cm³/mol. The van der Waals surface area contributed by atoms with Crippen LogP contribution >= 0.6 is 0 Å². The molecule has 0 unspecified atom stereocenters. The van der Waals surface area contributed by atoms with Crippen LogP contribution in [0.4, 0.5) is 38.0 Å². The fraction of sp³-hybridized carbons (Fsp3) is 0.457. The summed E-state index contributed by atoms with van der Waals surface area (Å²) in [5.41, 5.74) is 0.493. The summed E-state index contributed by atoms with van der Waals surface area (Å²) in [4.78, 5) is 27.5. The van der Waals surface area contributed by atoms with Gasteiger partial charge in [-0.3, -0.25) is 4.79 Å². The molecule has 0 amide bonds. The van der Waals surface area contributed by atoms with E-state index in [0.29, 0.717) is 39.3 Å². The van der Waals surface area contributed by atoms with Crippen molar-refractivity contribution in [3.8, 4) is 0 Å². The van der Waals surface area contributed by atoms with Crippen molar-refractivity contribution in [2.24, 2.45) is 0 Å². The first kappa shape index (κ1) is 36.0. The van der Waals surface area contributed by atoms with E-state index < -0.39 is 23.5 Å². The minimum atomic E-state index is -4.97. The fourth-order valence-corrected chi connectivity index (χ4v) is 5.98. The van der Waals surface area contributed by atoms with Gasteiger partial charge in [-0.25, -0.2) is 9.97 Å². The van der Waals surface area contributed by atoms with Crippen LogP contribution in [-0.2, 0) is 46.1 Å². The Balaban J connectivity index is 1.39. The Morgan fingerprint density at radius 3 is 2.24 bits per heavy atom. The molecule has 1 saturated heterocycles. The highest BCUT2D eigenvalue weighted by Crippen LogP contribution is 2.37. The van der Waals surface area contributed by atoms with Crippen molar-refractivity contribution in [3.05, 3.63) is 82.8 Å². The monoisotopic (exact) mass is 691 g/mol. The number of esters is 1. The number of hydrogen-bond donors (Lipinski definition) is 1. The van der Waals surface area contributed by atoms with E-state index >= 15 is 0 Å². The Labute approximate surface area is 280 Å². The van der Waals surface area contributed by atoms with Crippen molar-refractivity contribution < 1.29 is 40.6 Å². The second-order valence-electron chi connectivity index (χ2n) is 12.0. The normalized spacial score (nSPS) is 14.0. The second kappa shape index (κ2) is 15.9. The molecular formula is C35H39F6N5O3. The smallest absolute Gasteiger partial charge is 0.416 e. The Hall–Kier alpha value is -4.33. The SMILES string of the molecule is CCOC(=O)CCCCCCc1c[nH]c2c(CN(Cc3cc(C(F)(F)F)cc(C(F)(F)F)c3)c3ncc(N4CCOCC4)cn3)cccc12. The zero-order valence-electron chi connectivity index (χ0n) is 27.2. The number of aromatic nitrogens is 3. The molecule has 0 saturated carbocycles. The van der Waals surface area contributed by atoms with Crippen LogP contribution in [0.2, 0.25) is 0 Å². The van der Waals surface area contributed by atoms with Gasteiger partial charge < -0.3 is 24.3 Å². The zero-order chi connectivity index (χ0) is 35.0. The number of benzene rings is 2. The van der Waals surface area contributed by atoms with Crippen molar-refractivity contribution in [3.63, 3.8) is 0 Å². The van der Waals surface area contributed by atoms with Crippen LogP contribution in [0.25, 0.3) is 10.9 Å². The van der Waals surface area contributed by atoms with Gasteiger partial charge in [-0.1, -0.05) is 31.0 Å². The Kier molecular flexibility index (Phi) is 11.7. The van der Waals surface area contributed by atoms with E-state index in [-0.39, 0.29) is 36.6 Å². The van der Waals surface area contributed by atoms with Gasteiger partial charge >= 0.3 is 18.3 Å². The molecule has 5 rings (SSSR count). The summed E-state index contributed by atoms with van der Waals surface area (Å²) in [6.07, 6.45) is -0.0953. The summed E-state index contributed by atoms with van der Waals surface area (Å²) < 4.78 is 92.6. The maximum Gasteiger partial charge on any atom is 0.416 e. The highest BCUT2D eigenvalue weighted by atomic mass is 19.4. The van der Waals surface area contributed by atoms with Crippen molar-refractivity contribution in [2.75, 3.05) is 42.7 Å². The molecule has 4 aromatic rings. The number of anilines is 2. The van der Waals surface area contributed by atoms with E-state index in [9.17, 15) is 31.1 Å². The lowest BCUT2D eigenvalue weighted by molar-refractivity contribution is -0.144. The van der Waals surface area contributed by atoms with Crippen molar-refractivity contribution >= 4 is 28.5 Å². The Morgan fingerprint density at radius 1 is 0.918 bits per heavy atom. The number of ether oxygens (including phenoxy) is 2. The summed E-state index contributed by atoms with van der Waals surface area (Å²) in [5, 5.41) is 0.978. The average molecular weight is 692 g/mol. The third-order valence-corrected chi connectivity index (χ3v) is 8.44. The summed E-state index contributed by atoms with van der Waals surface area (Å²) in [7, 11) is 0. The summed E-state index contributed by atoms with van der Waals surface area (Å²) in [6.45, 7) is 4.33. The lowest BCUT2D eigenvalue weighted by Gasteiger charge is -2.29. The number of nitrogens with zero attached hydrogens (tertiary/aromatic N) is 4. The zero-order valence-corrected chi connectivity index (χ0v) is 27.2. The van der Waals surface area contributed by atoms with Crippen LogP contribution < -0.4 is 9.80 Å². The van der Waals surface area contributed by atoms with E-state index in [0.717, 1.165) is 72.0 Å². The predicted octanol–water partition coefficient (Wildman–Crippen LogP) is 8.10. The third-order valence-electron chi connectivity index (χ3n) is 8.44. The first-order chi connectivity index (χ1) is 23.4. The standard InChI is InChI=1S/C35H39F6N5O3/c1-2-49-31(47)11-6-4-3-5-8-25-19-42-32-26(9-7-10-30(25)32)23-46(33-43-20-29(21-44-33)45-12-14-48-15-13-45)22-24-16-27(34(36,37)38)18-28(17-24)35(39,40)41/h7,9-10,16-21,42H,2-6,8,11-15,22-23H2,1H3. The number of carbonyl (C=O) groups excluding carboxylic acids is 1. The molecule has 1 aliphatic rings.